The van der Waals surface area contributed by atoms with Gasteiger partial charge in [0.2, 0.25) is 5.91 Å². The van der Waals surface area contributed by atoms with E-state index in [1.807, 2.05) is 0 Å². The Kier molecular flexibility index (Phi) is 18.1. The van der Waals surface area contributed by atoms with Crippen molar-refractivity contribution in [2.24, 2.45) is 0 Å². The number of aliphatic carboxylic acids is 2. The van der Waals surface area contributed by atoms with E-state index in [1.165, 1.54) is 39.0 Å². The minimum Gasteiger partial charge on any atom is -0.548 e. The molecule has 0 aliphatic heterocycles. The molecule has 0 aromatic carbocycles. The molecule has 0 aromatic rings. The summed E-state index contributed by atoms with van der Waals surface area (Å²) in [6, 6.07) is -1.15. The zero-order valence-electron chi connectivity index (χ0n) is 15.4. The number of hydrogen-bond acceptors (Lipinski definition) is 4. The van der Waals surface area contributed by atoms with Crippen LogP contribution in [-0.2, 0) is 14.4 Å². The first-order valence-electron chi connectivity index (χ1n) is 8.62. The van der Waals surface area contributed by atoms with Crippen LogP contribution in [0.25, 0.3) is 0 Å². The van der Waals surface area contributed by atoms with Gasteiger partial charge in [0.05, 0.1) is 12.5 Å². The summed E-state index contributed by atoms with van der Waals surface area (Å²) < 4.78 is 0. The smallest absolute Gasteiger partial charge is 0.548 e. The van der Waals surface area contributed by atoms with Crippen molar-refractivity contribution in [3.05, 3.63) is 0 Å². The van der Waals surface area contributed by atoms with Gasteiger partial charge in [0.1, 0.15) is 6.04 Å². The molecule has 0 saturated heterocycles. The summed E-state index contributed by atoms with van der Waals surface area (Å²) in [6.07, 6.45) is 10.2. The van der Waals surface area contributed by atoms with E-state index in [9.17, 15) is 19.5 Å². The van der Waals surface area contributed by atoms with Gasteiger partial charge in [0.15, 0.2) is 0 Å². The van der Waals surface area contributed by atoms with Gasteiger partial charge in [-0.2, -0.15) is 0 Å². The predicted molar refractivity (Wildman–Crippen MR) is 85.7 cm³/mol. The second-order valence-corrected chi connectivity index (χ2v) is 5.99. The third-order valence-corrected chi connectivity index (χ3v) is 3.94. The minimum atomic E-state index is -1.45. The van der Waals surface area contributed by atoms with Crippen LogP contribution in [0.2, 0.25) is 0 Å². The van der Waals surface area contributed by atoms with E-state index < -0.39 is 30.4 Å². The van der Waals surface area contributed by atoms with Crippen molar-refractivity contribution in [1.29, 1.82) is 0 Å². The Labute approximate surface area is 187 Å². The second kappa shape index (κ2) is 16.5. The zero-order valence-corrected chi connectivity index (χ0v) is 18.5. The fourth-order valence-electron chi connectivity index (χ4n) is 2.44. The number of unbranched alkanes of at least 4 members (excludes halogenated alkanes) is 8. The summed E-state index contributed by atoms with van der Waals surface area (Å²) in [5.41, 5.74) is 0. The Hall–Kier alpha value is 0.0464. The standard InChI is InChI=1S/C17H31NO5.K/c1-3-4-5-6-7-8-9-10-11-12-15(19)18(13-16(20)21)14(2)17(22)23;/h14H,3-13H2,1-2H3,(H,20,21)(H,22,23);/q;+1/p-1. The third kappa shape index (κ3) is 13.3. The summed E-state index contributed by atoms with van der Waals surface area (Å²) in [7, 11) is 0. The van der Waals surface area contributed by atoms with Gasteiger partial charge in [-0.3, -0.25) is 4.79 Å². The number of hydrogen-bond donors (Lipinski definition) is 1. The van der Waals surface area contributed by atoms with Gasteiger partial charge in [-0.15, -0.1) is 0 Å². The SMILES string of the molecule is CCCCCCCCCCCC(=O)N(CC(=O)[O-])C(C)C(=O)O.[K+]. The number of carboxylic acids is 2. The number of carbonyl (C=O) groups is 3. The summed E-state index contributed by atoms with van der Waals surface area (Å²) >= 11 is 0. The molecule has 6 nitrogen and oxygen atoms in total. The third-order valence-electron chi connectivity index (χ3n) is 3.94. The topological polar surface area (TPSA) is 97.7 Å². The molecule has 0 rings (SSSR count). The molecule has 1 atom stereocenters. The summed E-state index contributed by atoms with van der Waals surface area (Å²) in [4.78, 5) is 34.5. The molecule has 0 aliphatic carbocycles. The van der Waals surface area contributed by atoms with Gasteiger partial charge in [0, 0.05) is 6.42 Å². The normalized spacial score (nSPS) is 11.4. The van der Waals surface area contributed by atoms with Crippen LogP contribution in [0.5, 0.6) is 0 Å². The van der Waals surface area contributed by atoms with Crippen molar-refractivity contribution in [3.8, 4) is 0 Å². The zero-order chi connectivity index (χ0) is 17.7. The van der Waals surface area contributed by atoms with Gasteiger partial charge in [-0.05, 0) is 13.3 Å². The summed E-state index contributed by atoms with van der Waals surface area (Å²) in [6.45, 7) is 2.81. The van der Waals surface area contributed by atoms with E-state index >= 15 is 0 Å². The Morgan fingerprint density at radius 1 is 0.958 bits per heavy atom. The van der Waals surface area contributed by atoms with E-state index in [1.54, 1.807) is 0 Å². The van der Waals surface area contributed by atoms with Gasteiger partial charge in [0.25, 0.3) is 0 Å². The maximum atomic E-state index is 12.0. The first-order valence-corrected chi connectivity index (χ1v) is 8.62. The van der Waals surface area contributed by atoms with Crippen LogP contribution >= 0.6 is 0 Å². The van der Waals surface area contributed by atoms with E-state index in [0.29, 0.717) is 6.42 Å². The van der Waals surface area contributed by atoms with E-state index in [2.05, 4.69) is 6.92 Å². The number of rotatable bonds is 14. The molecule has 0 aromatic heterocycles. The average Bonchev–Trinajstić information content (AvgIpc) is 2.49. The molecule has 0 bridgehead atoms. The van der Waals surface area contributed by atoms with E-state index in [-0.39, 0.29) is 57.8 Å². The van der Waals surface area contributed by atoms with E-state index in [0.717, 1.165) is 24.2 Å². The molecule has 0 fully saturated rings. The molecule has 1 N–H and O–H groups in total. The van der Waals surface area contributed by atoms with Crippen molar-refractivity contribution in [2.45, 2.75) is 84.1 Å². The van der Waals surface area contributed by atoms with Crippen molar-refractivity contribution in [2.75, 3.05) is 6.54 Å². The van der Waals surface area contributed by atoms with Crippen molar-refractivity contribution in [1.82, 2.24) is 4.90 Å². The van der Waals surface area contributed by atoms with Gasteiger partial charge < -0.3 is 19.9 Å². The fraction of sp³-hybridized carbons (Fsp3) is 0.824. The predicted octanol–water partition coefficient (Wildman–Crippen LogP) is -1.04. The maximum Gasteiger partial charge on any atom is 1.00 e. The second-order valence-electron chi connectivity index (χ2n) is 5.99. The molecular weight excluding hydrogens is 337 g/mol. The summed E-state index contributed by atoms with van der Waals surface area (Å²) in [5, 5.41) is 19.6. The molecule has 134 valence electrons. The monoisotopic (exact) mass is 367 g/mol. The van der Waals surface area contributed by atoms with E-state index in [4.69, 9.17) is 5.11 Å². The summed E-state index contributed by atoms with van der Waals surface area (Å²) in [5.74, 6) is -3.10. The van der Waals surface area contributed by atoms with Crippen LogP contribution in [-0.4, -0.2) is 40.4 Å². The Morgan fingerprint density at radius 3 is 1.83 bits per heavy atom. The molecule has 1 amide bonds. The first-order chi connectivity index (χ1) is 10.9. The van der Waals surface area contributed by atoms with Crippen molar-refractivity contribution < 1.29 is 76.0 Å². The Balaban J connectivity index is 0. The molecule has 0 radical (unpaired) electrons. The van der Waals surface area contributed by atoms with Gasteiger partial charge in [-0.25, -0.2) is 4.79 Å². The number of nitrogens with zero attached hydrogens (tertiary/aromatic N) is 1. The Bertz CT molecular complexity index is 376. The first kappa shape index (κ1) is 26.3. The molecule has 7 heteroatoms. The number of carboxylic acid groups (broad SMARTS) is 2. The molecular formula is C17H30KNO5. The molecule has 0 spiro atoms. The molecule has 24 heavy (non-hydrogen) atoms. The van der Waals surface area contributed by atoms with Gasteiger partial charge in [-0.1, -0.05) is 58.3 Å². The maximum absolute atomic E-state index is 12.0. The molecule has 0 heterocycles. The largest absolute Gasteiger partial charge is 1.00 e. The quantitative estimate of drug-likeness (QED) is 0.312. The van der Waals surface area contributed by atoms with Crippen LogP contribution < -0.4 is 56.5 Å². The van der Waals surface area contributed by atoms with Crippen LogP contribution in [0.15, 0.2) is 0 Å². The van der Waals surface area contributed by atoms with Crippen molar-refractivity contribution >= 4 is 17.8 Å². The van der Waals surface area contributed by atoms with Gasteiger partial charge >= 0.3 is 57.4 Å². The van der Waals surface area contributed by atoms with Crippen molar-refractivity contribution in [3.63, 3.8) is 0 Å². The fourth-order valence-corrected chi connectivity index (χ4v) is 2.44. The number of carbonyl (C=O) groups excluding carboxylic acids is 2. The molecule has 0 saturated carbocycles. The van der Waals surface area contributed by atoms with Crippen LogP contribution in [0.3, 0.4) is 0 Å². The molecule has 0 aliphatic rings. The molecule has 1 unspecified atom stereocenters. The minimum absolute atomic E-state index is 0. The van der Waals surface area contributed by atoms with Crippen LogP contribution in [0.4, 0.5) is 0 Å². The average molecular weight is 368 g/mol. The van der Waals surface area contributed by atoms with Crippen LogP contribution in [0.1, 0.15) is 78.1 Å². The van der Waals surface area contributed by atoms with Crippen LogP contribution in [0, 0.1) is 0 Å². The number of amides is 1. The Morgan fingerprint density at radius 2 is 1.42 bits per heavy atom.